The van der Waals surface area contributed by atoms with Crippen LogP contribution in [0.2, 0.25) is 0 Å². The summed E-state index contributed by atoms with van der Waals surface area (Å²) in [6.07, 6.45) is 0. The first kappa shape index (κ1) is 81.1. The first-order valence-electron chi connectivity index (χ1n) is 48.0. The van der Waals surface area contributed by atoms with Gasteiger partial charge in [0.1, 0.15) is 44.7 Å². The van der Waals surface area contributed by atoms with E-state index in [4.69, 9.17) is 17.7 Å². The molecule has 25 aromatic carbocycles. The van der Waals surface area contributed by atoms with Gasteiger partial charge in [-0.1, -0.05) is 437 Å². The highest BCUT2D eigenvalue weighted by Crippen LogP contribution is 2.54. The van der Waals surface area contributed by atoms with Crippen molar-refractivity contribution in [2.24, 2.45) is 0 Å². The van der Waals surface area contributed by atoms with Crippen molar-refractivity contribution in [2.75, 3.05) is 0 Å². The van der Waals surface area contributed by atoms with E-state index in [-0.39, 0.29) is 0 Å². The molecule has 0 aliphatic carbocycles. The molecule has 140 heavy (non-hydrogen) atoms. The largest absolute Gasteiger partial charge is 0.456 e. The van der Waals surface area contributed by atoms with E-state index < -0.39 is 0 Å². The van der Waals surface area contributed by atoms with Crippen molar-refractivity contribution in [3.05, 3.63) is 510 Å². The van der Waals surface area contributed by atoms with Crippen molar-refractivity contribution in [3.8, 4) is 122 Å². The summed E-state index contributed by atoms with van der Waals surface area (Å²) in [5.74, 6) is 0. The van der Waals surface area contributed by atoms with Crippen molar-refractivity contribution in [1.82, 2.24) is 0 Å². The van der Waals surface area contributed by atoms with Gasteiger partial charge in [-0.05, 0) is 254 Å². The van der Waals surface area contributed by atoms with E-state index in [0.717, 1.165) is 127 Å². The van der Waals surface area contributed by atoms with Crippen LogP contribution in [-0.2, 0) is 0 Å². The molecule has 0 N–H and O–H groups in total. The Bertz CT molecular complexity index is 9800. The number of fused-ring (bicyclic) bond motifs is 19. The second kappa shape index (κ2) is 33.9. The van der Waals surface area contributed by atoms with Gasteiger partial charge in [0, 0.05) is 59.8 Å². The Morgan fingerprint density at radius 2 is 0.371 bits per heavy atom. The van der Waals surface area contributed by atoms with Crippen LogP contribution in [0.15, 0.2) is 527 Å². The van der Waals surface area contributed by atoms with Gasteiger partial charge in [-0.3, -0.25) is 0 Å². The van der Waals surface area contributed by atoms with Crippen LogP contribution < -0.4 is 0 Å². The monoisotopic (exact) mass is 1780 g/mol. The van der Waals surface area contributed by atoms with Crippen molar-refractivity contribution in [2.45, 2.75) is 0 Å². The maximum absolute atomic E-state index is 6.73. The number of furan rings is 4. The summed E-state index contributed by atoms with van der Waals surface area (Å²) in [4.78, 5) is 0. The summed E-state index contributed by atoms with van der Waals surface area (Å²) >= 11 is 0. The molecule has 0 saturated carbocycles. The van der Waals surface area contributed by atoms with E-state index in [9.17, 15) is 0 Å². The molecule has 0 unspecified atom stereocenters. The lowest BCUT2D eigenvalue weighted by atomic mass is 9.84. The quantitative estimate of drug-likeness (QED) is 0.121. The third kappa shape index (κ3) is 13.7. The molecule has 4 aromatic heterocycles. The highest BCUT2D eigenvalue weighted by Gasteiger charge is 2.28. The molecular weight excluding hydrogens is 1700 g/mol. The Labute approximate surface area is 807 Å². The average Bonchev–Trinajstić information content (AvgIpc) is 1.21. The van der Waals surface area contributed by atoms with Gasteiger partial charge in [-0.2, -0.15) is 0 Å². The minimum absolute atomic E-state index is 0.869. The zero-order valence-electron chi connectivity index (χ0n) is 76.1. The highest BCUT2D eigenvalue weighted by molar-refractivity contribution is 6.29. The maximum Gasteiger partial charge on any atom is 0.143 e. The lowest BCUT2D eigenvalue weighted by molar-refractivity contribution is 0.668. The Morgan fingerprint density at radius 1 is 0.107 bits per heavy atom. The van der Waals surface area contributed by atoms with Gasteiger partial charge in [0.15, 0.2) is 0 Å². The number of hydrogen-bond acceptors (Lipinski definition) is 4. The van der Waals surface area contributed by atoms with Gasteiger partial charge < -0.3 is 17.7 Å². The van der Waals surface area contributed by atoms with Crippen molar-refractivity contribution < 1.29 is 17.7 Å². The van der Waals surface area contributed by atoms with Gasteiger partial charge in [0.25, 0.3) is 0 Å². The molecule has 4 nitrogen and oxygen atoms in total. The second-order valence-corrected chi connectivity index (χ2v) is 36.4. The van der Waals surface area contributed by atoms with E-state index in [2.05, 4.69) is 485 Å². The number of para-hydroxylation sites is 3. The minimum atomic E-state index is 0.869. The summed E-state index contributed by atoms with van der Waals surface area (Å²) in [6, 6.07) is 183. The second-order valence-electron chi connectivity index (χ2n) is 36.4. The molecule has 0 radical (unpaired) electrons. The topological polar surface area (TPSA) is 52.6 Å². The molecule has 652 valence electrons. The Kier molecular flexibility index (Phi) is 19.6. The lowest BCUT2D eigenvalue weighted by Gasteiger charge is -2.19. The molecule has 0 saturated heterocycles. The third-order valence-corrected chi connectivity index (χ3v) is 28.6. The molecule has 4 heteroatoms. The lowest BCUT2D eigenvalue weighted by Crippen LogP contribution is -1.92. The Hall–Kier alpha value is -18.5. The molecular formula is C136H84O4. The molecule has 0 spiro atoms. The molecule has 0 amide bonds. The van der Waals surface area contributed by atoms with Crippen LogP contribution in [-0.4, -0.2) is 0 Å². The smallest absolute Gasteiger partial charge is 0.143 e. The average molecular weight is 1780 g/mol. The van der Waals surface area contributed by atoms with Crippen LogP contribution in [0.5, 0.6) is 0 Å². The van der Waals surface area contributed by atoms with Gasteiger partial charge in [-0.15, -0.1) is 0 Å². The predicted octanol–water partition coefficient (Wildman–Crippen LogP) is 39.1. The van der Waals surface area contributed by atoms with Crippen LogP contribution >= 0.6 is 0 Å². The van der Waals surface area contributed by atoms with Crippen LogP contribution in [0.25, 0.3) is 286 Å². The highest BCUT2D eigenvalue weighted by atomic mass is 16.3. The fourth-order valence-electron chi connectivity index (χ4n) is 22.4. The fraction of sp³-hybridized carbons (Fsp3) is 0. The number of rotatable bonds is 11. The molecule has 4 heterocycles. The van der Waals surface area contributed by atoms with Crippen LogP contribution in [0.4, 0.5) is 0 Å². The fourth-order valence-corrected chi connectivity index (χ4v) is 22.4. The van der Waals surface area contributed by atoms with E-state index in [1.165, 1.54) is 159 Å². The summed E-state index contributed by atoms with van der Waals surface area (Å²) in [5, 5.41) is 26.3. The summed E-state index contributed by atoms with van der Waals surface area (Å²) in [7, 11) is 0. The first-order valence-corrected chi connectivity index (χ1v) is 48.0. The zero-order chi connectivity index (χ0) is 92.2. The summed E-state index contributed by atoms with van der Waals surface area (Å²) in [6.45, 7) is 0. The van der Waals surface area contributed by atoms with Gasteiger partial charge in [0.05, 0.1) is 0 Å². The van der Waals surface area contributed by atoms with Crippen molar-refractivity contribution in [1.29, 1.82) is 0 Å². The number of hydrogen-bond donors (Lipinski definition) is 0. The van der Waals surface area contributed by atoms with Crippen LogP contribution in [0.1, 0.15) is 0 Å². The maximum atomic E-state index is 6.73. The molecule has 0 bridgehead atoms. The van der Waals surface area contributed by atoms with Gasteiger partial charge in [-0.25, -0.2) is 0 Å². The summed E-state index contributed by atoms with van der Waals surface area (Å²) in [5.41, 5.74) is 33.4. The number of benzene rings is 25. The molecule has 29 rings (SSSR count). The van der Waals surface area contributed by atoms with E-state index >= 15 is 0 Å². The van der Waals surface area contributed by atoms with E-state index in [1.807, 2.05) is 24.3 Å². The van der Waals surface area contributed by atoms with Gasteiger partial charge in [0.2, 0.25) is 0 Å². The summed E-state index contributed by atoms with van der Waals surface area (Å²) < 4.78 is 26.3. The predicted molar refractivity (Wildman–Crippen MR) is 591 cm³/mol. The molecule has 0 fully saturated rings. The Morgan fingerprint density at radius 3 is 0.836 bits per heavy atom. The van der Waals surface area contributed by atoms with Crippen LogP contribution in [0, 0.1) is 0 Å². The van der Waals surface area contributed by atoms with Crippen molar-refractivity contribution >= 4 is 163 Å². The Balaban J connectivity index is 0.000000106. The van der Waals surface area contributed by atoms with Crippen molar-refractivity contribution in [3.63, 3.8) is 0 Å². The van der Waals surface area contributed by atoms with Gasteiger partial charge >= 0.3 is 0 Å². The zero-order valence-corrected chi connectivity index (χ0v) is 76.1. The first-order chi connectivity index (χ1) is 69.5. The normalized spacial score (nSPS) is 11.7. The SMILES string of the molecule is c1ccc(-c2cc(-c3ccccc3)c3oc4ccc(-c5c6ccccc6c(-c6ccccc6)c6ccccc56)cc4c3c2)cc1.c1ccc(-c2ccc(-c3c4ccccc4c(-c4cc(-c5ccccc5)c5oc6ccccc6c5c4)c4ccccc34)cc2)cc1.c1ccc2c(-c3c4ccccc4c(-c4cc(-c5cccc6oc7ccccc7c56)c5oc6ccccc6c5c4)c4ccccc34)cccc2c1. The molecule has 0 atom stereocenters. The molecule has 0 aliphatic rings. The van der Waals surface area contributed by atoms with E-state index in [1.54, 1.807) is 0 Å². The minimum Gasteiger partial charge on any atom is -0.456 e. The molecule has 29 aromatic rings. The standard InChI is InChI=1S/C48H28O2.2C44H28O/c1-2-15-31-29(13-1)14-11-22-33(31)46-36-19-5-3-17-34(36)45(35-18-4-6-20-37(35)46)30-27-40-32-16-7-9-24-42(32)50-48(40)41(28-30)38-23-12-26-44-47(38)39-21-8-10-25-43(39)49-44;1-4-14-29(15-5-1)33-27-38(30-16-6-2-7-17-30)44-40(28-33)39-26-32(24-25-41(39)45-44)43-36-22-12-10-20-34(36)42(31-18-8-3-9-19-31)35-21-11-13-23-37(35)43;1-3-13-29(14-4-1)30-23-25-32(26-24-30)42-35-18-7-9-20-37(35)43(38-21-10-8-19-36(38)42)33-27-39(31-15-5-2-6-16-31)44-40(28-33)34-17-11-12-22-41(34)45-44/h1-28H;2*1-28H. The van der Waals surface area contributed by atoms with E-state index in [0.29, 0.717) is 0 Å². The molecule has 0 aliphatic heterocycles. The van der Waals surface area contributed by atoms with Crippen LogP contribution in [0.3, 0.4) is 0 Å². The third-order valence-electron chi connectivity index (χ3n) is 28.6.